The highest BCUT2D eigenvalue weighted by atomic mass is 32.1. The largest absolute Gasteiger partial charge is 0.454 e. The van der Waals surface area contributed by atoms with Crippen molar-refractivity contribution >= 4 is 34.2 Å². The van der Waals surface area contributed by atoms with Crippen LogP contribution in [0.25, 0.3) is 6.08 Å². The molecular formula is C22H24N2O4S. The van der Waals surface area contributed by atoms with Gasteiger partial charge < -0.3 is 20.5 Å². The summed E-state index contributed by atoms with van der Waals surface area (Å²) in [5.74, 6) is 1.22. The highest BCUT2D eigenvalue weighted by Crippen LogP contribution is 2.40. The van der Waals surface area contributed by atoms with Crippen LogP contribution in [-0.4, -0.2) is 18.6 Å². The van der Waals surface area contributed by atoms with E-state index in [4.69, 9.17) is 15.2 Å². The molecule has 3 N–H and O–H groups in total. The highest BCUT2D eigenvalue weighted by molar-refractivity contribution is 7.17. The normalized spacial score (nSPS) is 17.3. The zero-order valence-electron chi connectivity index (χ0n) is 16.3. The van der Waals surface area contributed by atoms with E-state index in [0.717, 1.165) is 36.8 Å². The van der Waals surface area contributed by atoms with Crippen LogP contribution in [0.5, 0.6) is 11.5 Å². The van der Waals surface area contributed by atoms with Crippen molar-refractivity contribution in [2.45, 2.75) is 39.0 Å². The van der Waals surface area contributed by atoms with E-state index in [1.165, 1.54) is 28.7 Å². The molecule has 2 aliphatic rings. The first-order valence-corrected chi connectivity index (χ1v) is 10.7. The highest BCUT2D eigenvalue weighted by Gasteiger charge is 2.28. The lowest BCUT2D eigenvalue weighted by molar-refractivity contribution is -0.111. The van der Waals surface area contributed by atoms with E-state index in [1.807, 2.05) is 18.2 Å². The molecule has 0 fully saturated rings. The Balaban J connectivity index is 1.50. The van der Waals surface area contributed by atoms with Gasteiger partial charge in [-0.25, -0.2) is 0 Å². The number of nitrogens with one attached hydrogen (secondary N) is 1. The molecule has 1 aliphatic heterocycles. The Morgan fingerprint density at radius 1 is 1.31 bits per heavy atom. The number of benzene rings is 1. The first-order chi connectivity index (χ1) is 14.0. The number of anilines is 1. The van der Waals surface area contributed by atoms with Crippen LogP contribution >= 0.6 is 11.3 Å². The number of carbonyl (C=O) groups excluding carboxylic acids is 2. The monoisotopic (exact) mass is 412 g/mol. The lowest BCUT2D eigenvalue weighted by atomic mass is 9.84. The molecule has 4 rings (SSSR count). The summed E-state index contributed by atoms with van der Waals surface area (Å²) >= 11 is 1.48. The van der Waals surface area contributed by atoms with Crippen molar-refractivity contribution in [2.75, 3.05) is 12.1 Å². The van der Waals surface area contributed by atoms with Gasteiger partial charge in [-0.15, -0.1) is 11.3 Å². The molecule has 1 unspecified atom stereocenters. The number of primary amides is 1. The van der Waals surface area contributed by atoms with E-state index >= 15 is 0 Å². The fourth-order valence-electron chi connectivity index (χ4n) is 4.00. The maximum Gasteiger partial charge on any atom is 0.251 e. The molecule has 29 heavy (non-hydrogen) atoms. The zero-order chi connectivity index (χ0) is 20.4. The Bertz CT molecular complexity index is 979. The summed E-state index contributed by atoms with van der Waals surface area (Å²) < 4.78 is 10.6. The minimum atomic E-state index is -0.480. The Hall–Kier alpha value is -2.80. The standard InChI is InChI=1S/C22H24N2O4S/c1-2-3-13-4-7-15-18(11-13)29-22(20(15)21(23)26)24-19(25)9-6-14-5-8-16-17(10-14)28-12-27-16/h5-6,8-10,13H,2-4,7,11-12H2,1H3,(H2,23,26)(H,24,25). The number of ether oxygens (including phenoxy) is 2. The Kier molecular flexibility index (Phi) is 5.58. The third kappa shape index (κ3) is 4.15. The van der Waals surface area contributed by atoms with Gasteiger partial charge in [0.2, 0.25) is 12.7 Å². The van der Waals surface area contributed by atoms with Gasteiger partial charge in [0.15, 0.2) is 11.5 Å². The third-order valence-electron chi connectivity index (χ3n) is 5.37. The van der Waals surface area contributed by atoms with E-state index in [-0.39, 0.29) is 12.7 Å². The molecule has 0 spiro atoms. The maximum absolute atomic E-state index is 12.5. The minimum Gasteiger partial charge on any atom is -0.454 e. The number of fused-ring (bicyclic) bond motifs is 2. The first kappa shape index (κ1) is 19.5. The SMILES string of the molecule is CCCC1CCc2c(sc(NC(=O)C=Cc3ccc4c(c3)OCO4)c2C(N)=O)C1. The summed E-state index contributed by atoms with van der Waals surface area (Å²) in [5, 5.41) is 3.41. The van der Waals surface area contributed by atoms with Crippen molar-refractivity contribution in [1.29, 1.82) is 0 Å². The molecule has 2 heterocycles. The second kappa shape index (κ2) is 8.29. The maximum atomic E-state index is 12.5. The zero-order valence-corrected chi connectivity index (χ0v) is 17.1. The Morgan fingerprint density at radius 2 is 2.14 bits per heavy atom. The van der Waals surface area contributed by atoms with Gasteiger partial charge in [0.05, 0.1) is 5.56 Å². The van der Waals surface area contributed by atoms with Crippen LogP contribution in [0.4, 0.5) is 5.00 Å². The number of hydrogen-bond donors (Lipinski definition) is 2. The lowest BCUT2D eigenvalue weighted by Gasteiger charge is -2.21. The summed E-state index contributed by atoms with van der Waals surface area (Å²) in [6, 6.07) is 5.48. The quantitative estimate of drug-likeness (QED) is 0.698. The number of rotatable bonds is 6. The van der Waals surface area contributed by atoms with Crippen molar-refractivity contribution < 1.29 is 19.1 Å². The van der Waals surface area contributed by atoms with Crippen LogP contribution in [0, 0.1) is 5.92 Å². The van der Waals surface area contributed by atoms with E-state index in [9.17, 15) is 9.59 Å². The van der Waals surface area contributed by atoms with Gasteiger partial charge in [0, 0.05) is 11.0 Å². The topological polar surface area (TPSA) is 90.7 Å². The molecule has 0 bridgehead atoms. The molecule has 7 heteroatoms. The molecule has 1 aliphatic carbocycles. The van der Waals surface area contributed by atoms with Crippen molar-refractivity contribution in [3.8, 4) is 11.5 Å². The van der Waals surface area contributed by atoms with Crippen molar-refractivity contribution in [3.05, 3.63) is 45.8 Å². The first-order valence-electron chi connectivity index (χ1n) is 9.88. The molecular weight excluding hydrogens is 388 g/mol. The smallest absolute Gasteiger partial charge is 0.251 e. The van der Waals surface area contributed by atoms with Crippen LogP contribution < -0.4 is 20.5 Å². The van der Waals surface area contributed by atoms with Crippen LogP contribution in [-0.2, 0) is 17.6 Å². The third-order valence-corrected chi connectivity index (χ3v) is 6.54. The van der Waals surface area contributed by atoms with E-state index in [2.05, 4.69) is 12.2 Å². The second-order valence-electron chi connectivity index (χ2n) is 7.40. The predicted octanol–water partition coefficient (Wildman–Crippen LogP) is 4.13. The average molecular weight is 413 g/mol. The molecule has 1 atom stereocenters. The van der Waals surface area contributed by atoms with Gasteiger partial charge in [-0.2, -0.15) is 0 Å². The van der Waals surface area contributed by atoms with Crippen LogP contribution in [0.2, 0.25) is 0 Å². The average Bonchev–Trinajstić information content (AvgIpc) is 3.29. The van der Waals surface area contributed by atoms with Gasteiger partial charge in [0.25, 0.3) is 5.91 Å². The molecule has 6 nitrogen and oxygen atoms in total. The second-order valence-corrected chi connectivity index (χ2v) is 8.51. The van der Waals surface area contributed by atoms with Crippen molar-refractivity contribution in [3.63, 3.8) is 0 Å². The summed E-state index contributed by atoms with van der Waals surface area (Å²) in [7, 11) is 0. The Morgan fingerprint density at radius 3 is 2.93 bits per heavy atom. The summed E-state index contributed by atoms with van der Waals surface area (Å²) in [6.07, 6.45) is 8.35. The molecule has 152 valence electrons. The minimum absolute atomic E-state index is 0.209. The predicted molar refractivity (Wildman–Crippen MR) is 113 cm³/mol. The van der Waals surface area contributed by atoms with Crippen LogP contribution in [0.1, 0.15) is 52.5 Å². The van der Waals surface area contributed by atoms with Gasteiger partial charge in [-0.1, -0.05) is 25.8 Å². The Labute approximate surface area is 173 Å². The number of amides is 2. The lowest BCUT2D eigenvalue weighted by Crippen LogP contribution is -2.19. The fourth-order valence-corrected chi connectivity index (χ4v) is 5.37. The van der Waals surface area contributed by atoms with Crippen LogP contribution in [0.15, 0.2) is 24.3 Å². The molecule has 0 saturated heterocycles. The molecule has 0 saturated carbocycles. The molecule has 1 aromatic carbocycles. The van der Waals surface area contributed by atoms with Gasteiger partial charge in [0.1, 0.15) is 5.00 Å². The van der Waals surface area contributed by atoms with Crippen LogP contribution in [0.3, 0.4) is 0 Å². The van der Waals surface area contributed by atoms with E-state index in [0.29, 0.717) is 28.0 Å². The van der Waals surface area contributed by atoms with E-state index < -0.39 is 5.91 Å². The van der Waals surface area contributed by atoms with E-state index in [1.54, 1.807) is 6.08 Å². The number of hydrogen-bond acceptors (Lipinski definition) is 5. The fraction of sp³-hybridized carbons (Fsp3) is 0.364. The summed E-state index contributed by atoms with van der Waals surface area (Å²) in [4.78, 5) is 25.7. The van der Waals surface area contributed by atoms with Gasteiger partial charge in [-0.05, 0) is 54.5 Å². The summed E-state index contributed by atoms with van der Waals surface area (Å²) in [5.41, 5.74) is 7.96. The number of thiophene rings is 1. The van der Waals surface area contributed by atoms with Crippen molar-refractivity contribution in [1.82, 2.24) is 0 Å². The van der Waals surface area contributed by atoms with Gasteiger partial charge >= 0.3 is 0 Å². The number of nitrogens with two attached hydrogens (primary N) is 1. The molecule has 2 aromatic rings. The molecule has 0 radical (unpaired) electrons. The molecule has 1 aromatic heterocycles. The van der Waals surface area contributed by atoms with Crippen molar-refractivity contribution in [2.24, 2.45) is 11.7 Å². The van der Waals surface area contributed by atoms with Gasteiger partial charge in [-0.3, -0.25) is 9.59 Å². The molecule has 2 amide bonds. The number of carbonyl (C=O) groups is 2. The summed E-state index contributed by atoms with van der Waals surface area (Å²) in [6.45, 7) is 2.40.